The van der Waals surface area contributed by atoms with Gasteiger partial charge in [-0.05, 0) is 24.6 Å². The summed E-state index contributed by atoms with van der Waals surface area (Å²) in [5, 5.41) is 15.1. The minimum Gasteiger partial charge on any atom is -0.357 e. The van der Waals surface area contributed by atoms with Crippen LogP contribution in [0.25, 0.3) is 5.65 Å². The Hall–Kier alpha value is -2.89. The van der Waals surface area contributed by atoms with Crippen LogP contribution in [-0.2, 0) is 6.42 Å². The lowest BCUT2D eigenvalue weighted by atomic mass is 10.0. The van der Waals surface area contributed by atoms with E-state index in [9.17, 15) is 0 Å². The highest BCUT2D eigenvalue weighted by molar-refractivity contribution is 5.79. The molecule has 6 nitrogen and oxygen atoms in total. The summed E-state index contributed by atoms with van der Waals surface area (Å²) in [4.78, 5) is 4.72. The number of rotatable bonds is 7. The molecule has 0 bridgehead atoms. The van der Waals surface area contributed by atoms with E-state index < -0.39 is 0 Å². The quantitative estimate of drug-likeness (QED) is 0.508. The van der Waals surface area contributed by atoms with Gasteiger partial charge >= 0.3 is 0 Å². The van der Waals surface area contributed by atoms with Crippen molar-refractivity contribution in [1.82, 2.24) is 25.2 Å². The van der Waals surface area contributed by atoms with Gasteiger partial charge in [-0.3, -0.25) is 9.39 Å². The highest BCUT2D eigenvalue weighted by atomic mass is 15.2. The number of hydrogen-bond donors (Lipinski definition) is 2. The fourth-order valence-corrected chi connectivity index (χ4v) is 2.81. The van der Waals surface area contributed by atoms with Gasteiger partial charge in [0.15, 0.2) is 11.6 Å². The number of guanidine groups is 1. The molecule has 26 heavy (non-hydrogen) atoms. The molecular formula is C20H26N6. The predicted octanol–water partition coefficient (Wildman–Crippen LogP) is 2.63. The maximum atomic E-state index is 4.72. The molecule has 0 amide bonds. The third kappa shape index (κ3) is 4.59. The third-order valence-corrected chi connectivity index (χ3v) is 4.26. The summed E-state index contributed by atoms with van der Waals surface area (Å²) in [6.45, 7) is 6.60. The van der Waals surface area contributed by atoms with Crippen LogP contribution in [0, 0.1) is 0 Å². The molecule has 0 aliphatic carbocycles. The molecule has 0 aliphatic heterocycles. The SMILES string of the molecule is CCNC(=NCC(C)c1ccccc1)NCCc1nnc2ccccn12. The number of aliphatic imine (C=N–C) groups is 1. The number of pyridine rings is 1. The van der Waals surface area contributed by atoms with Gasteiger partial charge in [0.25, 0.3) is 0 Å². The third-order valence-electron chi connectivity index (χ3n) is 4.26. The smallest absolute Gasteiger partial charge is 0.191 e. The van der Waals surface area contributed by atoms with Crippen LogP contribution in [-0.4, -0.2) is 40.2 Å². The maximum absolute atomic E-state index is 4.72. The Bertz CT molecular complexity index is 840. The van der Waals surface area contributed by atoms with Gasteiger partial charge in [0.2, 0.25) is 0 Å². The predicted molar refractivity (Wildman–Crippen MR) is 106 cm³/mol. The Morgan fingerprint density at radius 1 is 1.08 bits per heavy atom. The van der Waals surface area contributed by atoms with E-state index in [4.69, 9.17) is 4.99 Å². The first-order valence-corrected chi connectivity index (χ1v) is 9.13. The molecule has 6 heteroatoms. The van der Waals surface area contributed by atoms with Crippen molar-refractivity contribution >= 4 is 11.6 Å². The van der Waals surface area contributed by atoms with Gasteiger partial charge in [0, 0.05) is 38.2 Å². The van der Waals surface area contributed by atoms with E-state index in [0.29, 0.717) is 5.92 Å². The van der Waals surface area contributed by atoms with Gasteiger partial charge in [-0.15, -0.1) is 10.2 Å². The van der Waals surface area contributed by atoms with Crippen molar-refractivity contribution in [3.8, 4) is 0 Å². The number of nitrogens with one attached hydrogen (secondary N) is 2. The second kappa shape index (κ2) is 8.99. The summed E-state index contributed by atoms with van der Waals surface area (Å²) in [7, 11) is 0. The Morgan fingerprint density at radius 3 is 2.69 bits per heavy atom. The molecule has 2 N–H and O–H groups in total. The van der Waals surface area contributed by atoms with Crippen LogP contribution in [0.4, 0.5) is 0 Å². The summed E-state index contributed by atoms with van der Waals surface area (Å²) < 4.78 is 2.02. The topological polar surface area (TPSA) is 66.6 Å². The summed E-state index contributed by atoms with van der Waals surface area (Å²) in [5.41, 5.74) is 2.18. The van der Waals surface area contributed by atoms with E-state index >= 15 is 0 Å². The normalized spacial score (nSPS) is 12.9. The molecule has 0 saturated carbocycles. The molecule has 0 aliphatic rings. The largest absolute Gasteiger partial charge is 0.357 e. The van der Waals surface area contributed by atoms with Gasteiger partial charge in [-0.2, -0.15) is 0 Å². The monoisotopic (exact) mass is 350 g/mol. The number of benzene rings is 1. The molecule has 1 unspecified atom stereocenters. The lowest BCUT2D eigenvalue weighted by molar-refractivity contribution is 0.735. The molecular weight excluding hydrogens is 324 g/mol. The minimum absolute atomic E-state index is 0.382. The van der Waals surface area contributed by atoms with Crippen LogP contribution >= 0.6 is 0 Å². The lowest BCUT2D eigenvalue weighted by Crippen LogP contribution is -2.38. The van der Waals surface area contributed by atoms with Crippen molar-refractivity contribution in [2.75, 3.05) is 19.6 Å². The molecule has 0 spiro atoms. The zero-order chi connectivity index (χ0) is 18.2. The summed E-state index contributed by atoms with van der Waals surface area (Å²) in [5.74, 6) is 2.16. The molecule has 136 valence electrons. The first-order chi connectivity index (χ1) is 12.8. The Morgan fingerprint density at radius 2 is 1.88 bits per heavy atom. The van der Waals surface area contributed by atoms with Gasteiger partial charge < -0.3 is 10.6 Å². The van der Waals surface area contributed by atoms with Crippen LogP contribution in [0.15, 0.2) is 59.7 Å². The van der Waals surface area contributed by atoms with Crippen molar-refractivity contribution in [3.63, 3.8) is 0 Å². The molecule has 3 rings (SSSR count). The van der Waals surface area contributed by atoms with Crippen LogP contribution in [0.1, 0.15) is 31.2 Å². The fourth-order valence-electron chi connectivity index (χ4n) is 2.81. The van der Waals surface area contributed by atoms with Crippen LogP contribution in [0.5, 0.6) is 0 Å². The van der Waals surface area contributed by atoms with E-state index in [1.54, 1.807) is 0 Å². The highest BCUT2D eigenvalue weighted by Crippen LogP contribution is 2.14. The molecule has 1 atom stereocenters. The second-order valence-electron chi connectivity index (χ2n) is 6.25. The zero-order valence-corrected chi connectivity index (χ0v) is 15.4. The Kier molecular flexibility index (Phi) is 6.19. The summed E-state index contributed by atoms with van der Waals surface area (Å²) >= 11 is 0. The average Bonchev–Trinajstić information content (AvgIpc) is 3.10. The van der Waals surface area contributed by atoms with Gasteiger partial charge in [0.1, 0.15) is 5.82 Å². The fraction of sp³-hybridized carbons (Fsp3) is 0.350. The Balaban J connectivity index is 1.56. The number of fused-ring (bicyclic) bond motifs is 1. The van der Waals surface area contributed by atoms with Crippen LogP contribution in [0.3, 0.4) is 0 Å². The summed E-state index contributed by atoms with van der Waals surface area (Å²) in [6, 6.07) is 16.4. The molecule has 0 fully saturated rings. The van der Waals surface area contributed by atoms with E-state index in [0.717, 1.165) is 43.5 Å². The van der Waals surface area contributed by atoms with Gasteiger partial charge in [0.05, 0.1) is 0 Å². The molecule has 0 radical (unpaired) electrons. The van der Waals surface area contributed by atoms with Gasteiger partial charge in [-0.25, -0.2) is 0 Å². The number of aromatic nitrogens is 3. The van der Waals surface area contributed by atoms with Crippen LogP contribution in [0.2, 0.25) is 0 Å². The van der Waals surface area contributed by atoms with Crippen molar-refractivity contribution in [2.24, 2.45) is 4.99 Å². The molecule has 2 heterocycles. The Labute approximate surface area is 154 Å². The van der Waals surface area contributed by atoms with E-state index in [1.807, 2.05) is 34.9 Å². The van der Waals surface area contributed by atoms with E-state index in [-0.39, 0.29) is 0 Å². The van der Waals surface area contributed by atoms with Crippen molar-refractivity contribution in [2.45, 2.75) is 26.2 Å². The van der Waals surface area contributed by atoms with Crippen molar-refractivity contribution in [3.05, 3.63) is 66.1 Å². The number of hydrogen-bond acceptors (Lipinski definition) is 3. The first kappa shape index (κ1) is 17.9. The van der Waals surface area contributed by atoms with E-state index in [2.05, 4.69) is 58.9 Å². The lowest BCUT2D eigenvalue weighted by Gasteiger charge is -2.13. The second-order valence-corrected chi connectivity index (χ2v) is 6.25. The number of nitrogens with zero attached hydrogens (tertiary/aromatic N) is 4. The highest BCUT2D eigenvalue weighted by Gasteiger charge is 2.07. The molecule has 1 aromatic carbocycles. The standard InChI is InChI=1S/C20H26N6/c1-3-21-20(23-15-16(2)17-9-5-4-6-10-17)22-13-12-19-25-24-18-11-7-8-14-26(18)19/h4-11,14,16H,3,12-13,15H2,1-2H3,(H2,21,22,23). The zero-order valence-electron chi connectivity index (χ0n) is 15.4. The van der Waals surface area contributed by atoms with E-state index in [1.165, 1.54) is 5.56 Å². The van der Waals surface area contributed by atoms with Crippen molar-refractivity contribution in [1.29, 1.82) is 0 Å². The summed E-state index contributed by atoms with van der Waals surface area (Å²) in [6.07, 6.45) is 2.77. The first-order valence-electron chi connectivity index (χ1n) is 9.13. The molecule has 3 aromatic rings. The average molecular weight is 350 g/mol. The van der Waals surface area contributed by atoms with Gasteiger partial charge in [-0.1, -0.05) is 43.3 Å². The molecule has 2 aromatic heterocycles. The minimum atomic E-state index is 0.382. The van der Waals surface area contributed by atoms with Crippen LogP contribution < -0.4 is 10.6 Å². The molecule has 0 saturated heterocycles. The maximum Gasteiger partial charge on any atom is 0.191 e. The van der Waals surface area contributed by atoms with Crippen molar-refractivity contribution < 1.29 is 0 Å².